The van der Waals surface area contributed by atoms with Crippen molar-refractivity contribution in [3.63, 3.8) is 0 Å². The van der Waals surface area contributed by atoms with E-state index in [1.54, 1.807) is 0 Å². The maximum atomic E-state index is 10.7. The molecule has 0 aliphatic rings. The number of hydrogen-bond donors (Lipinski definition) is 1. The van der Waals surface area contributed by atoms with Crippen LogP contribution < -0.4 is 0 Å². The van der Waals surface area contributed by atoms with Gasteiger partial charge in [-0.3, -0.25) is 0 Å². The molecule has 102 valence electrons. The third-order valence-corrected chi connectivity index (χ3v) is 3.31. The molecule has 0 aliphatic heterocycles. The van der Waals surface area contributed by atoms with Gasteiger partial charge in [-0.05, 0) is 17.5 Å². The van der Waals surface area contributed by atoms with E-state index >= 15 is 0 Å². The van der Waals surface area contributed by atoms with E-state index in [0.29, 0.717) is 0 Å². The minimum absolute atomic E-state index is 0.0430. The molecule has 20 heavy (non-hydrogen) atoms. The van der Waals surface area contributed by atoms with Gasteiger partial charge < -0.3 is 5.11 Å². The first-order chi connectivity index (χ1) is 9.83. The quantitative estimate of drug-likeness (QED) is 0.754. The Morgan fingerprint density at radius 2 is 1.45 bits per heavy atom. The van der Waals surface area contributed by atoms with Gasteiger partial charge in [0.05, 0.1) is 6.10 Å². The van der Waals surface area contributed by atoms with E-state index < -0.39 is 6.10 Å². The molecule has 0 aromatic heterocycles. The third kappa shape index (κ3) is 3.69. The summed E-state index contributed by atoms with van der Waals surface area (Å²) >= 11 is 0. The average Bonchev–Trinajstić information content (AvgIpc) is 2.53. The molecular formula is C19H20O. The van der Waals surface area contributed by atoms with Gasteiger partial charge >= 0.3 is 0 Å². The Balaban J connectivity index is 2.29. The molecule has 2 aromatic carbocycles. The van der Waals surface area contributed by atoms with E-state index in [-0.39, 0.29) is 5.92 Å². The molecule has 0 bridgehead atoms. The van der Waals surface area contributed by atoms with Crippen molar-refractivity contribution in [1.29, 1.82) is 0 Å². The van der Waals surface area contributed by atoms with Crippen LogP contribution in [-0.4, -0.2) is 5.11 Å². The third-order valence-electron chi connectivity index (χ3n) is 3.31. The normalized spacial score (nSPS) is 14.1. The zero-order valence-electron chi connectivity index (χ0n) is 11.5. The molecule has 0 heterocycles. The van der Waals surface area contributed by atoms with Gasteiger partial charge in [-0.1, -0.05) is 78.9 Å². The number of aliphatic hydroxyl groups excluding tert-OH is 1. The van der Waals surface area contributed by atoms with Gasteiger partial charge in [0.2, 0.25) is 0 Å². The van der Waals surface area contributed by atoms with Crippen LogP contribution >= 0.6 is 0 Å². The predicted octanol–water partition coefficient (Wildman–Crippen LogP) is 4.64. The van der Waals surface area contributed by atoms with E-state index in [0.717, 1.165) is 17.5 Å². The molecular weight excluding hydrogens is 244 g/mol. The SMILES string of the molecule is C=CC/C=C/C(c1ccccc1)C(O)c1ccccc1. The molecule has 2 aromatic rings. The monoisotopic (exact) mass is 264 g/mol. The maximum absolute atomic E-state index is 10.7. The Labute approximate surface area is 120 Å². The molecule has 0 saturated heterocycles. The fraction of sp³-hybridized carbons (Fsp3) is 0.158. The molecule has 2 unspecified atom stereocenters. The Kier molecular flexibility index (Phi) is 5.33. The summed E-state index contributed by atoms with van der Waals surface area (Å²) in [6.45, 7) is 3.72. The highest BCUT2D eigenvalue weighted by atomic mass is 16.3. The first kappa shape index (κ1) is 14.3. The number of allylic oxidation sites excluding steroid dienone is 2. The van der Waals surface area contributed by atoms with E-state index in [2.05, 4.69) is 30.9 Å². The lowest BCUT2D eigenvalue weighted by atomic mass is 9.88. The van der Waals surface area contributed by atoms with Crippen molar-refractivity contribution < 1.29 is 5.11 Å². The Hall–Kier alpha value is -2.12. The van der Waals surface area contributed by atoms with E-state index in [1.165, 1.54) is 0 Å². The molecule has 2 atom stereocenters. The van der Waals surface area contributed by atoms with Crippen LogP contribution in [0.3, 0.4) is 0 Å². The zero-order chi connectivity index (χ0) is 14.2. The van der Waals surface area contributed by atoms with Crippen LogP contribution in [0.15, 0.2) is 85.5 Å². The Morgan fingerprint density at radius 3 is 2.00 bits per heavy atom. The number of aliphatic hydroxyl groups is 1. The highest BCUT2D eigenvalue weighted by Crippen LogP contribution is 2.32. The molecule has 0 aliphatic carbocycles. The van der Waals surface area contributed by atoms with Crippen LogP contribution in [0.4, 0.5) is 0 Å². The Bertz CT molecular complexity index is 542. The van der Waals surface area contributed by atoms with E-state index in [9.17, 15) is 5.11 Å². The maximum Gasteiger partial charge on any atom is 0.0893 e. The summed E-state index contributed by atoms with van der Waals surface area (Å²) in [5, 5.41) is 10.7. The van der Waals surface area contributed by atoms with Crippen LogP contribution in [0.5, 0.6) is 0 Å². The fourth-order valence-corrected chi connectivity index (χ4v) is 2.25. The van der Waals surface area contributed by atoms with Crippen LogP contribution in [0, 0.1) is 0 Å². The zero-order valence-corrected chi connectivity index (χ0v) is 11.5. The van der Waals surface area contributed by atoms with Gasteiger partial charge in [0.1, 0.15) is 0 Å². The summed E-state index contributed by atoms with van der Waals surface area (Å²) in [6.07, 6.45) is 6.24. The first-order valence-electron chi connectivity index (χ1n) is 6.88. The number of benzene rings is 2. The molecule has 0 radical (unpaired) electrons. The average molecular weight is 264 g/mol. The Morgan fingerprint density at radius 1 is 0.900 bits per heavy atom. The molecule has 1 heteroatoms. The first-order valence-corrected chi connectivity index (χ1v) is 6.88. The summed E-state index contributed by atoms with van der Waals surface area (Å²) in [5.41, 5.74) is 2.05. The van der Waals surface area contributed by atoms with Crippen molar-refractivity contribution in [3.8, 4) is 0 Å². The van der Waals surface area contributed by atoms with Gasteiger partial charge in [-0.15, -0.1) is 6.58 Å². The van der Waals surface area contributed by atoms with Crippen LogP contribution in [-0.2, 0) is 0 Å². The van der Waals surface area contributed by atoms with Gasteiger partial charge in [0.15, 0.2) is 0 Å². The lowest BCUT2D eigenvalue weighted by Gasteiger charge is -2.21. The van der Waals surface area contributed by atoms with Crippen LogP contribution in [0.1, 0.15) is 29.6 Å². The molecule has 0 spiro atoms. The van der Waals surface area contributed by atoms with Crippen LogP contribution in [0.25, 0.3) is 0 Å². The van der Waals surface area contributed by atoms with Gasteiger partial charge in [-0.2, -0.15) is 0 Å². The summed E-state index contributed by atoms with van der Waals surface area (Å²) in [5.74, 6) is -0.0430. The number of rotatable bonds is 6. The highest BCUT2D eigenvalue weighted by Gasteiger charge is 2.19. The molecule has 0 amide bonds. The minimum Gasteiger partial charge on any atom is -0.387 e. The lowest BCUT2D eigenvalue weighted by Crippen LogP contribution is -2.08. The second kappa shape index (κ2) is 7.46. The molecule has 1 N–H and O–H groups in total. The van der Waals surface area contributed by atoms with Crippen molar-refractivity contribution >= 4 is 0 Å². The second-order valence-electron chi connectivity index (χ2n) is 4.74. The van der Waals surface area contributed by atoms with Gasteiger partial charge in [-0.25, -0.2) is 0 Å². The second-order valence-corrected chi connectivity index (χ2v) is 4.74. The van der Waals surface area contributed by atoms with E-state index in [4.69, 9.17) is 0 Å². The van der Waals surface area contributed by atoms with Gasteiger partial charge in [0.25, 0.3) is 0 Å². The van der Waals surface area contributed by atoms with Crippen molar-refractivity contribution in [1.82, 2.24) is 0 Å². The predicted molar refractivity (Wildman–Crippen MR) is 84.5 cm³/mol. The summed E-state index contributed by atoms with van der Waals surface area (Å²) in [7, 11) is 0. The van der Waals surface area contributed by atoms with E-state index in [1.807, 2.05) is 54.6 Å². The van der Waals surface area contributed by atoms with Crippen molar-refractivity contribution in [3.05, 3.63) is 96.6 Å². The lowest BCUT2D eigenvalue weighted by molar-refractivity contribution is 0.161. The number of hydrogen-bond acceptors (Lipinski definition) is 1. The largest absolute Gasteiger partial charge is 0.387 e. The smallest absolute Gasteiger partial charge is 0.0893 e. The van der Waals surface area contributed by atoms with Crippen molar-refractivity contribution in [2.75, 3.05) is 0 Å². The van der Waals surface area contributed by atoms with Crippen molar-refractivity contribution in [2.24, 2.45) is 0 Å². The molecule has 1 nitrogen and oxygen atoms in total. The molecule has 0 fully saturated rings. The molecule has 2 rings (SSSR count). The van der Waals surface area contributed by atoms with Gasteiger partial charge in [0, 0.05) is 5.92 Å². The minimum atomic E-state index is -0.542. The summed E-state index contributed by atoms with van der Waals surface area (Å²) < 4.78 is 0. The standard InChI is InChI=1S/C19H20O/c1-2-3-6-15-18(16-11-7-4-8-12-16)19(20)17-13-9-5-10-14-17/h2,4-15,18-20H,1,3H2/b15-6+. The molecule has 0 saturated carbocycles. The summed E-state index contributed by atoms with van der Waals surface area (Å²) in [6, 6.07) is 19.9. The topological polar surface area (TPSA) is 20.2 Å². The summed E-state index contributed by atoms with van der Waals surface area (Å²) in [4.78, 5) is 0. The van der Waals surface area contributed by atoms with Crippen molar-refractivity contribution in [2.45, 2.75) is 18.4 Å². The highest BCUT2D eigenvalue weighted by molar-refractivity contribution is 5.30. The van der Waals surface area contributed by atoms with Crippen LogP contribution in [0.2, 0.25) is 0 Å². The fourth-order valence-electron chi connectivity index (χ4n) is 2.25.